The lowest BCUT2D eigenvalue weighted by molar-refractivity contribution is 0.151. The second-order valence-electron chi connectivity index (χ2n) is 2.33. The molecule has 2 nitrogen and oxygen atoms in total. The molecule has 2 N–H and O–H groups in total. The molecule has 12 heavy (non-hydrogen) atoms. The predicted molar refractivity (Wildman–Crippen MR) is 51.1 cm³/mol. The van der Waals surface area contributed by atoms with Gasteiger partial charge >= 0.3 is 0 Å². The van der Waals surface area contributed by atoms with Crippen molar-refractivity contribution in [1.29, 1.82) is 0 Å². The number of halogens is 3. The number of anilines is 1. The average Bonchev–Trinajstić information content (AvgIpc) is 1.97. The summed E-state index contributed by atoms with van der Waals surface area (Å²) in [6, 6.07) is 0. The van der Waals surface area contributed by atoms with Gasteiger partial charge in [0.1, 0.15) is 0 Å². The minimum absolute atomic E-state index is 0.0556. The molecular formula is C7H7F2IN2. The van der Waals surface area contributed by atoms with E-state index in [2.05, 4.69) is 4.98 Å². The number of hydrogen-bond donors (Lipinski definition) is 1. The van der Waals surface area contributed by atoms with E-state index in [1.165, 1.54) is 6.20 Å². The summed E-state index contributed by atoms with van der Waals surface area (Å²) in [6.07, 6.45) is -1.27. The fraction of sp³-hybridized carbons (Fsp3) is 0.286. The van der Waals surface area contributed by atoms with Crippen LogP contribution in [0.25, 0.3) is 0 Å². The molecule has 0 saturated heterocycles. The van der Waals surface area contributed by atoms with Gasteiger partial charge in [0.05, 0.1) is 23.1 Å². The summed E-state index contributed by atoms with van der Waals surface area (Å²) in [5, 5.41) is 0. The van der Waals surface area contributed by atoms with Crippen molar-refractivity contribution in [2.75, 3.05) is 5.73 Å². The highest BCUT2D eigenvalue weighted by Crippen LogP contribution is 2.30. The summed E-state index contributed by atoms with van der Waals surface area (Å²) in [5.74, 6) is 0. The van der Waals surface area contributed by atoms with E-state index in [9.17, 15) is 8.78 Å². The molecule has 0 saturated carbocycles. The normalized spacial score (nSPS) is 10.8. The molecule has 5 heteroatoms. The van der Waals surface area contributed by atoms with E-state index >= 15 is 0 Å². The third-order valence-electron chi connectivity index (χ3n) is 1.48. The maximum Gasteiger partial charge on any atom is 0.266 e. The number of rotatable bonds is 1. The minimum Gasteiger partial charge on any atom is -0.397 e. The first kappa shape index (κ1) is 9.63. The Kier molecular flexibility index (Phi) is 2.81. The molecule has 0 aliphatic rings. The van der Waals surface area contributed by atoms with E-state index < -0.39 is 6.43 Å². The highest BCUT2D eigenvalue weighted by atomic mass is 127. The van der Waals surface area contributed by atoms with Gasteiger partial charge in [-0.3, -0.25) is 4.98 Å². The average molecular weight is 284 g/mol. The number of nitrogen functional groups attached to an aromatic ring is 1. The molecule has 1 heterocycles. The first-order valence-electron chi connectivity index (χ1n) is 3.22. The molecule has 0 aliphatic heterocycles. The van der Waals surface area contributed by atoms with Gasteiger partial charge in [-0.25, -0.2) is 8.78 Å². The number of pyridine rings is 1. The maximum absolute atomic E-state index is 12.4. The molecule has 0 atom stereocenters. The number of aryl methyl sites for hydroxylation is 1. The number of aromatic nitrogens is 1. The van der Waals surface area contributed by atoms with E-state index in [4.69, 9.17) is 5.73 Å². The van der Waals surface area contributed by atoms with Gasteiger partial charge in [-0.1, -0.05) is 0 Å². The second kappa shape index (κ2) is 3.51. The Balaban J connectivity index is 3.33. The van der Waals surface area contributed by atoms with Gasteiger partial charge in [-0.05, 0) is 29.5 Å². The zero-order valence-electron chi connectivity index (χ0n) is 6.31. The first-order valence-corrected chi connectivity index (χ1v) is 4.30. The van der Waals surface area contributed by atoms with Gasteiger partial charge in [-0.2, -0.15) is 0 Å². The fourth-order valence-electron chi connectivity index (χ4n) is 0.836. The van der Waals surface area contributed by atoms with Gasteiger partial charge in [-0.15, -0.1) is 0 Å². The molecule has 0 amide bonds. The molecule has 0 fully saturated rings. The highest BCUT2D eigenvalue weighted by Gasteiger charge is 2.17. The van der Waals surface area contributed by atoms with Gasteiger partial charge in [0, 0.05) is 3.57 Å². The van der Waals surface area contributed by atoms with Gasteiger partial charge in [0.15, 0.2) is 0 Å². The van der Waals surface area contributed by atoms with Gasteiger partial charge in [0.25, 0.3) is 6.43 Å². The highest BCUT2D eigenvalue weighted by molar-refractivity contribution is 14.1. The smallest absolute Gasteiger partial charge is 0.266 e. The molecule has 1 aromatic heterocycles. The van der Waals surface area contributed by atoms with Crippen LogP contribution in [-0.2, 0) is 0 Å². The van der Waals surface area contributed by atoms with E-state index in [1.54, 1.807) is 6.92 Å². The zero-order valence-corrected chi connectivity index (χ0v) is 8.47. The van der Waals surface area contributed by atoms with Crippen LogP contribution in [0.4, 0.5) is 14.5 Å². The van der Waals surface area contributed by atoms with Crippen LogP contribution < -0.4 is 5.73 Å². The Labute approximate surface area is 82.3 Å². The first-order chi connectivity index (χ1) is 5.54. The summed E-state index contributed by atoms with van der Waals surface area (Å²) in [4.78, 5) is 3.86. The lowest BCUT2D eigenvalue weighted by Gasteiger charge is -2.07. The third-order valence-corrected chi connectivity index (χ3v) is 2.84. The van der Waals surface area contributed by atoms with Gasteiger partial charge in [0.2, 0.25) is 0 Å². The Hall–Kier alpha value is -0.460. The topological polar surface area (TPSA) is 38.9 Å². The van der Waals surface area contributed by atoms with Crippen molar-refractivity contribution < 1.29 is 8.78 Å². The lowest BCUT2D eigenvalue weighted by Crippen LogP contribution is -2.01. The van der Waals surface area contributed by atoms with E-state index in [0.717, 1.165) is 0 Å². The largest absolute Gasteiger partial charge is 0.397 e. The quantitative estimate of drug-likeness (QED) is 0.805. The Morgan fingerprint density at radius 3 is 2.58 bits per heavy atom. The molecule has 66 valence electrons. The maximum atomic E-state index is 12.4. The van der Waals surface area contributed by atoms with E-state index in [-0.39, 0.29) is 11.3 Å². The lowest BCUT2D eigenvalue weighted by atomic mass is 10.2. The minimum atomic E-state index is -2.53. The van der Waals surface area contributed by atoms with Crippen LogP contribution in [0, 0.1) is 10.5 Å². The Morgan fingerprint density at radius 2 is 2.17 bits per heavy atom. The SMILES string of the molecule is Cc1ncc(N)c(C(F)F)c1I. The standard InChI is InChI=1S/C7H7F2IN2/c1-3-6(10)5(7(8)9)4(11)2-12-3/h2,7H,11H2,1H3. The number of alkyl halides is 2. The van der Waals surface area contributed by atoms with Crippen molar-refractivity contribution in [2.24, 2.45) is 0 Å². The van der Waals surface area contributed by atoms with E-state index in [0.29, 0.717) is 9.26 Å². The molecule has 0 spiro atoms. The van der Waals surface area contributed by atoms with Crippen LogP contribution in [0.5, 0.6) is 0 Å². The number of nitrogens with zero attached hydrogens (tertiary/aromatic N) is 1. The van der Waals surface area contributed by atoms with Crippen LogP contribution in [0.1, 0.15) is 17.7 Å². The monoisotopic (exact) mass is 284 g/mol. The fourth-order valence-corrected chi connectivity index (χ4v) is 1.52. The zero-order chi connectivity index (χ0) is 9.30. The number of hydrogen-bond acceptors (Lipinski definition) is 2. The molecule has 0 unspecified atom stereocenters. The summed E-state index contributed by atoms with van der Waals surface area (Å²) in [6.45, 7) is 1.67. The molecule has 1 aromatic rings. The van der Waals surface area contributed by atoms with Crippen LogP contribution in [-0.4, -0.2) is 4.98 Å². The van der Waals surface area contributed by atoms with Crippen LogP contribution in [0.2, 0.25) is 0 Å². The summed E-state index contributed by atoms with van der Waals surface area (Å²) < 4.78 is 25.2. The number of nitrogens with two attached hydrogens (primary N) is 1. The van der Waals surface area contributed by atoms with Crippen molar-refractivity contribution in [3.05, 3.63) is 21.0 Å². The van der Waals surface area contributed by atoms with Crippen LogP contribution in [0.3, 0.4) is 0 Å². The van der Waals surface area contributed by atoms with E-state index in [1.807, 2.05) is 22.6 Å². The van der Waals surface area contributed by atoms with Crippen LogP contribution in [0.15, 0.2) is 6.20 Å². The summed E-state index contributed by atoms with van der Waals surface area (Å²) in [5.41, 5.74) is 5.87. The van der Waals surface area contributed by atoms with Crippen molar-refractivity contribution in [3.8, 4) is 0 Å². The molecule has 1 rings (SSSR count). The Bertz CT molecular complexity index is 302. The second-order valence-corrected chi connectivity index (χ2v) is 3.41. The van der Waals surface area contributed by atoms with Gasteiger partial charge < -0.3 is 5.73 Å². The molecule has 0 radical (unpaired) electrons. The van der Waals surface area contributed by atoms with Crippen molar-refractivity contribution in [3.63, 3.8) is 0 Å². The summed E-state index contributed by atoms with van der Waals surface area (Å²) >= 11 is 1.82. The summed E-state index contributed by atoms with van der Waals surface area (Å²) in [7, 11) is 0. The third kappa shape index (κ3) is 1.65. The van der Waals surface area contributed by atoms with Crippen molar-refractivity contribution in [1.82, 2.24) is 4.98 Å². The Morgan fingerprint density at radius 1 is 1.58 bits per heavy atom. The van der Waals surface area contributed by atoms with Crippen molar-refractivity contribution >= 4 is 28.3 Å². The predicted octanol–water partition coefficient (Wildman–Crippen LogP) is 2.51. The van der Waals surface area contributed by atoms with Crippen molar-refractivity contribution in [2.45, 2.75) is 13.3 Å². The molecule has 0 aromatic carbocycles. The molecule has 0 bridgehead atoms. The molecular weight excluding hydrogens is 277 g/mol. The molecule has 0 aliphatic carbocycles. The van der Waals surface area contributed by atoms with Crippen LogP contribution >= 0.6 is 22.6 Å².